The van der Waals surface area contributed by atoms with Crippen molar-refractivity contribution in [3.05, 3.63) is 0 Å². The first-order valence-corrected chi connectivity index (χ1v) is 4.72. The average Bonchev–Trinajstić information content (AvgIpc) is 2.56. The molecule has 1 heterocycles. The van der Waals surface area contributed by atoms with Gasteiger partial charge in [0, 0.05) is 6.92 Å². The van der Waals surface area contributed by atoms with Crippen molar-refractivity contribution in [1.29, 1.82) is 0 Å². The van der Waals surface area contributed by atoms with E-state index in [-0.39, 0.29) is 13.2 Å². The second kappa shape index (κ2) is 5.66. The molecule has 92 valence electrons. The maximum Gasteiger partial charge on any atom is 0.508 e. The Morgan fingerprint density at radius 1 is 1.50 bits per heavy atom. The molecule has 7 heteroatoms. The lowest BCUT2D eigenvalue weighted by molar-refractivity contribution is -0.150. The van der Waals surface area contributed by atoms with Gasteiger partial charge in [0.2, 0.25) is 0 Å². The van der Waals surface area contributed by atoms with Crippen LogP contribution < -0.4 is 0 Å². The standard InChI is InChI=1S/C9H14O7/c1-5(10)16-7-4-14-6(8(7)11)3-15-9(12)13-2/h6-8,11H,3-4H2,1-2H3/t6-,7+,8+/m1/s1. The van der Waals surface area contributed by atoms with Crippen LogP contribution in [0.3, 0.4) is 0 Å². The van der Waals surface area contributed by atoms with E-state index < -0.39 is 30.4 Å². The highest BCUT2D eigenvalue weighted by Crippen LogP contribution is 2.17. The van der Waals surface area contributed by atoms with Crippen molar-refractivity contribution in [2.75, 3.05) is 20.3 Å². The number of rotatable bonds is 3. The summed E-state index contributed by atoms with van der Waals surface area (Å²) in [6.07, 6.45) is -3.28. The lowest BCUT2D eigenvalue weighted by atomic mass is 10.1. The third-order valence-corrected chi connectivity index (χ3v) is 2.09. The van der Waals surface area contributed by atoms with Crippen LogP contribution >= 0.6 is 0 Å². The molecule has 1 aliphatic rings. The quantitative estimate of drug-likeness (QED) is 0.655. The van der Waals surface area contributed by atoms with Crippen LogP contribution in [0, 0.1) is 0 Å². The average molecular weight is 234 g/mol. The predicted octanol–water partition coefficient (Wildman–Crippen LogP) is -0.539. The molecule has 0 aromatic heterocycles. The van der Waals surface area contributed by atoms with Gasteiger partial charge in [-0.1, -0.05) is 0 Å². The summed E-state index contributed by atoms with van der Waals surface area (Å²) in [4.78, 5) is 21.3. The summed E-state index contributed by atoms with van der Waals surface area (Å²) >= 11 is 0. The first kappa shape index (κ1) is 12.7. The molecule has 0 aromatic rings. The number of hydrogen-bond donors (Lipinski definition) is 1. The maximum absolute atomic E-state index is 10.7. The van der Waals surface area contributed by atoms with Gasteiger partial charge >= 0.3 is 12.1 Å². The Kier molecular flexibility index (Phi) is 4.51. The summed E-state index contributed by atoms with van der Waals surface area (Å²) in [7, 11) is 1.18. The van der Waals surface area contributed by atoms with E-state index in [1.54, 1.807) is 0 Å². The fourth-order valence-corrected chi connectivity index (χ4v) is 1.33. The molecule has 0 aliphatic carbocycles. The summed E-state index contributed by atoms with van der Waals surface area (Å²) in [5.41, 5.74) is 0. The minimum Gasteiger partial charge on any atom is -0.457 e. The number of hydrogen-bond acceptors (Lipinski definition) is 7. The molecule has 1 N–H and O–H groups in total. The van der Waals surface area contributed by atoms with Gasteiger partial charge in [-0.25, -0.2) is 4.79 Å². The van der Waals surface area contributed by atoms with Crippen molar-refractivity contribution in [3.8, 4) is 0 Å². The van der Waals surface area contributed by atoms with Crippen molar-refractivity contribution in [3.63, 3.8) is 0 Å². The Morgan fingerprint density at radius 3 is 2.75 bits per heavy atom. The third-order valence-electron chi connectivity index (χ3n) is 2.09. The number of aliphatic hydroxyl groups is 1. The third kappa shape index (κ3) is 3.35. The monoisotopic (exact) mass is 234 g/mol. The number of carbonyl (C=O) groups excluding carboxylic acids is 2. The molecular weight excluding hydrogens is 220 g/mol. The normalized spacial score (nSPS) is 28.6. The molecule has 7 nitrogen and oxygen atoms in total. The highest BCUT2D eigenvalue weighted by Gasteiger charge is 2.38. The summed E-state index contributed by atoms with van der Waals surface area (Å²) < 4.78 is 18.8. The Labute approximate surface area is 92.2 Å². The molecular formula is C9H14O7. The van der Waals surface area contributed by atoms with Crippen LogP contribution in [-0.2, 0) is 23.7 Å². The highest BCUT2D eigenvalue weighted by atomic mass is 16.7. The Bertz CT molecular complexity index is 265. The minimum absolute atomic E-state index is 0.0793. The molecule has 1 fully saturated rings. The zero-order chi connectivity index (χ0) is 12.1. The summed E-state index contributed by atoms with van der Waals surface area (Å²) in [5.74, 6) is -0.498. The molecule has 3 atom stereocenters. The highest BCUT2D eigenvalue weighted by molar-refractivity contribution is 5.66. The van der Waals surface area contributed by atoms with Crippen LogP contribution in [0.1, 0.15) is 6.92 Å². The summed E-state index contributed by atoms with van der Waals surface area (Å²) in [6.45, 7) is 1.17. The predicted molar refractivity (Wildman–Crippen MR) is 49.7 cm³/mol. The molecule has 1 aliphatic heterocycles. The molecule has 0 bridgehead atoms. The number of esters is 1. The lowest BCUT2D eigenvalue weighted by Crippen LogP contribution is -2.36. The smallest absolute Gasteiger partial charge is 0.457 e. The Balaban J connectivity index is 2.35. The van der Waals surface area contributed by atoms with Gasteiger partial charge in [-0.15, -0.1) is 0 Å². The molecule has 16 heavy (non-hydrogen) atoms. The molecule has 0 unspecified atom stereocenters. The minimum atomic E-state index is -1.01. The van der Waals surface area contributed by atoms with Crippen LogP contribution in [-0.4, -0.2) is 55.9 Å². The summed E-state index contributed by atoms with van der Waals surface area (Å²) in [5, 5.41) is 9.65. The topological polar surface area (TPSA) is 91.3 Å². The van der Waals surface area contributed by atoms with E-state index in [2.05, 4.69) is 9.47 Å². The van der Waals surface area contributed by atoms with Crippen LogP contribution in [0.4, 0.5) is 4.79 Å². The Morgan fingerprint density at radius 2 is 2.19 bits per heavy atom. The molecule has 1 rings (SSSR count). The molecule has 0 amide bonds. The van der Waals surface area contributed by atoms with Gasteiger partial charge < -0.3 is 24.1 Å². The van der Waals surface area contributed by atoms with Gasteiger partial charge in [-0.3, -0.25) is 4.79 Å². The van der Waals surface area contributed by atoms with Crippen molar-refractivity contribution >= 4 is 12.1 Å². The van der Waals surface area contributed by atoms with E-state index in [1.807, 2.05) is 0 Å². The van der Waals surface area contributed by atoms with E-state index in [1.165, 1.54) is 14.0 Å². The van der Waals surface area contributed by atoms with Crippen LogP contribution in [0.5, 0.6) is 0 Å². The van der Waals surface area contributed by atoms with Crippen molar-refractivity contribution in [1.82, 2.24) is 0 Å². The molecule has 0 aromatic carbocycles. The zero-order valence-electron chi connectivity index (χ0n) is 9.04. The Hall–Kier alpha value is -1.34. The van der Waals surface area contributed by atoms with Gasteiger partial charge in [-0.05, 0) is 0 Å². The number of ether oxygens (including phenoxy) is 4. The van der Waals surface area contributed by atoms with Crippen molar-refractivity contribution < 1.29 is 33.6 Å². The van der Waals surface area contributed by atoms with Gasteiger partial charge in [0.05, 0.1) is 13.7 Å². The molecule has 0 radical (unpaired) electrons. The van der Waals surface area contributed by atoms with Crippen molar-refractivity contribution in [2.45, 2.75) is 25.2 Å². The first-order valence-electron chi connectivity index (χ1n) is 4.72. The fourth-order valence-electron chi connectivity index (χ4n) is 1.33. The molecule has 1 saturated heterocycles. The zero-order valence-corrected chi connectivity index (χ0v) is 9.04. The van der Waals surface area contributed by atoms with E-state index in [0.29, 0.717) is 0 Å². The van der Waals surface area contributed by atoms with E-state index in [4.69, 9.17) is 9.47 Å². The van der Waals surface area contributed by atoms with Crippen LogP contribution in [0.25, 0.3) is 0 Å². The van der Waals surface area contributed by atoms with Crippen LogP contribution in [0.15, 0.2) is 0 Å². The number of methoxy groups -OCH3 is 1. The van der Waals surface area contributed by atoms with Crippen LogP contribution in [0.2, 0.25) is 0 Å². The van der Waals surface area contributed by atoms with E-state index >= 15 is 0 Å². The lowest BCUT2D eigenvalue weighted by Gasteiger charge is -2.16. The van der Waals surface area contributed by atoms with Gasteiger partial charge in [-0.2, -0.15) is 0 Å². The maximum atomic E-state index is 10.7. The fraction of sp³-hybridized carbons (Fsp3) is 0.778. The first-order chi connectivity index (χ1) is 7.54. The van der Waals surface area contributed by atoms with E-state index in [0.717, 1.165) is 0 Å². The summed E-state index contributed by atoms with van der Waals surface area (Å²) in [6, 6.07) is 0. The van der Waals surface area contributed by atoms with Gasteiger partial charge in [0.1, 0.15) is 18.8 Å². The largest absolute Gasteiger partial charge is 0.508 e. The van der Waals surface area contributed by atoms with Gasteiger partial charge in [0.15, 0.2) is 6.10 Å². The van der Waals surface area contributed by atoms with E-state index in [9.17, 15) is 14.7 Å². The number of carbonyl (C=O) groups is 2. The molecule has 0 saturated carbocycles. The van der Waals surface area contributed by atoms with Gasteiger partial charge in [0.25, 0.3) is 0 Å². The van der Waals surface area contributed by atoms with Crippen molar-refractivity contribution in [2.24, 2.45) is 0 Å². The molecule has 0 spiro atoms. The second-order valence-corrected chi connectivity index (χ2v) is 3.28. The second-order valence-electron chi connectivity index (χ2n) is 3.28. The number of aliphatic hydroxyl groups excluding tert-OH is 1. The SMILES string of the molecule is COC(=O)OC[C@H]1OC[C@H](OC(C)=O)[C@H]1O.